The molecule has 1 aromatic rings. The molecule has 0 aliphatic carbocycles. The van der Waals surface area contributed by atoms with Crippen molar-refractivity contribution in [1.82, 2.24) is 10.2 Å². The lowest BCUT2D eigenvalue weighted by Crippen LogP contribution is -2.44. The molecule has 0 bridgehead atoms. The third kappa shape index (κ3) is 4.08. The van der Waals surface area contributed by atoms with Crippen LogP contribution in [0.2, 0.25) is 0 Å². The number of hydrogen-bond acceptors (Lipinski definition) is 7. The average molecular weight is 459 g/mol. The number of likely N-dealkylation sites (tertiary alicyclic amines) is 1. The van der Waals surface area contributed by atoms with Crippen LogP contribution in [0, 0.1) is 11.8 Å². The van der Waals surface area contributed by atoms with Gasteiger partial charge in [-0.1, -0.05) is 0 Å². The second-order valence-electron chi connectivity index (χ2n) is 9.10. The van der Waals surface area contributed by atoms with Gasteiger partial charge in [-0.2, -0.15) is 8.78 Å². The van der Waals surface area contributed by atoms with Gasteiger partial charge in [-0.05, 0) is 56.6 Å². The number of piperidine rings is 1. The molecule has 0 aromatic heterocycles. The lowest BCUT2D eigenvalue weighted by atomic mass is 9.88. The summed E-state index contributed by atoms with van der Waals surface area (Å²) in [6.45, 7) is 1.75. The van der Waals surface area contributed by atoms with Crippen LogP contribution in [0.4, 0.5) is 8.78 Å². The van der Waals surface area contributed by atoms with E-state index in [0.717, 1.165) is 52.2 Å². The Morgan fingerprint density at radius 2 is 1.74 bits per heavy atom. The summed E-state index contributed by atoms with van der Waals surface area (Å²) in [6, 6.07) is 4.95. The molecule has 0 radical (unpaired) electrons. The van der Waals surface area contributed by atoms with Gasteiger partial charge in [0.05, 0.1) is 29.8 Å². The molecule has 4 atom stereocenters. The highest BCUT2D eigenvalue weighted by molar-refractivity contribution is 7.92. The zero-order valence-corrected chi connectivity index (χ0v) is 18.0. The summed E-state index contributed by atoms with van der Waals surface area (Å²) < 4.78 is 68.5. The van der Waals surface area contributed by atoms with Crippen molar-refractivity contribution >= 4 is 9.84 Å². The van der Waals surface area contributed by atoms with E-state index < -0.39 is 27.5 Å². The van der Waals surface area contributed by atoms with E-state index in [1.54, 1.807) is 0 Å². The van der Waals surface area contributed by atoms with Gasteiger partial charge in [0.25, 0.3) is 0 Å². The highest BCUT2D eigenvalue weighted by Crippen LogP contribution is 2.45. The highest BCUT2D eigenvalue weighted by atomic mass is 32.2. The summed E-state index contributed by atoms with van der Waals surface area (Å²) in [5.74, 6) is 0.817. The number of ether oxygens (including phenoxy) is 3. The van der Waals surface area contributed by atoms with Crippen LogP contribution in [0.5, 0.6) is 5.75 Å². The number of fused-ring (bicyclic) bond motifs is 1. The third-order valence-corrected chi connectivity index (χ3v) is 9.15. The van der Waals surface area contributed by atoms with Crippen molar-refractivity contribution in [2.45, 2.75) is 47.8 Å². The first kappa shape index (κ1) is 21.5. The van der Waals surface area contributed by atoms with Crippen molar-refractivity contribution in [3.63, 3.8) is 0 Å². The Kier molecular flexibility index (Phi) is 5.71. The van der Waals surface area contributed by atoms with Crippen molar-refractivity contribution in [3.8, 4) is 5.75 Å². The van der Waals surface area contributed by atoms with Crippen LogP contribution in [-0.4, -0.2) is 76.4 Å². The van der Waals surface area contributed by atoms with Crippen LogP contribution >= 0.6 is 0 Å². The molecule has 4 fully saturated rings. The van der Waals surface area contributed by atoms with Gasteiger partial charge < -0.3 is 19.5 Å². The van der Waals surface area contributed by atoms with Gasteiger partial charge in [0.15, 0.2) is 5.44 Å². The summed E-state index contributed by atoms with van der Waals surface area (Å²) in [5, 5.41) is 3.32. The molecule has 4 heterocycles. The number of alkyl halides is 2. The Hall–Kier alpha value is -1.33. The molecule has 1 aromatic carbocycles. The number of rotatable bonds is 5. The molecule has 172 valence electrons. The molecule has 4 saturated heterocycles. The fourth-order valence-corrected chi connectivity index (χ4v) is 7.36. The molecule has 1 N–H and O–H groups in total. The second-order valence-corrected chi connectivity index (χ2v) is 11.1. The number of nitrogens with zero attached hydrogens (tertiary/aromatic N) is 1. The van der Waals surface area contributed by atoms with Crippen molar-refractivity contribution in [3.05, 3.63) is 24.3 Å². The molecule has 10 heteroatoms. The normalized spacial score (nSPS) is 33.3. The first-order valence-corrected chi connectivity index (χ1v) is 12.4. The minimum atomic E-state index is -3.83. The summed E-state index contributed by atoms with van der Waals surface area (Å²) in [7, 11) is -3.83. The number of nitrogens with one attached hydrogen (secondary N) is 1. The maximum Gasteiger partial charge on any atom is 0.387 e. The summed E-state index contributed by atoms with van der Waals surface area (Å²) >= 11 is 0. The van der Waals surface area contributed by atoms with Gasteiger partial charge in [0, 0.05) is 24.9 Å². The van der Waals surface area contributed by atoms with E-state index in [1.807, 2.05) is 0 Å². The molecular weight excluding hydrogens is 430 g/mol. The number of halogens is 2. The molecule has 4 aliphatic rings. The van der Waals surface area contributed by atoms with E-state index in [9.17, 15) is 17.2 Å². The number of hydrogen-bond donors (Lipinski definition) is 1. The van der Waals surface area contributed by atoms with Gasteiger partial charge in [-0.25, -0.2) is 8.42 Å². The van der Waals surface area contributed by atoms with Crippen molar-refractivity contribution in [2.24, 2.45) is 11.8 Å². The van der Waals surface area contributed by atoms with E-state index in [4.69, 9.17) is 9.47 Å². The molecular formula is C21H28F2N2O5S. The minimum absolute atomic E-state index is 0.0674. The molecule has 31 heavy (non-hydrogen) atoms. The Labute approximate surface area is 180 Å². The average Bonchev–Trinajstić information content (AvgIpc) is 3.42. The first-order valence-electron chi connectivity index (χ1n) is 10.9. The van der Waals surface area contributed by atoms with Crippen LogP contribution in [0.1, 0.15) is 19.3 Å². The molecule has 7 nitrogen and oxygen atoms in total. The third-order valence-electron chi connectivity index (χ3n) is 7.20. The Balaban J connectivity index is 1.42. The Morgan fingerprint density at radius 3 is 2.35 bits per heavy atom. The van der Waals surface area contributed by atoms with Gasteiger partial charge in [-0.15, -0.1) is 0 Å². The van der Waals surface area contributed by atoms with E-state index in [2.05, 4.69) is 15.0 Å². The predicted octanol–water partition coefficient (Wildman–Crippen LogP) is 1.88. The van der Waals surface area contributed by atoms with Gasteiger partial charge in [0.2, 0.25) is 9.84 Å². The number of benzene rings is 1. The van der Waals surface area contributed by atoms with Gasteiger partial charge in [0.1, 0.15) is 5.75 Å². The van der Waals surface area contributed by atoms with Crippen molar-refractivity contribution in [2.75, 3.05) is 39.4 Å². The summed E-state index contributed by atoms with van der Waals surface area (Å²) in [6.07, 6.45) is 2.24. The van der Waals surface area contributed by atoms with E-state index >= 15 is 0 Å². The lowest BCUT2D eigenvalue weighted by Gasteiger charge is -2.33. The van der Waals surface area contributed by atoms with Crippen LogP contribution < -0.4 is 10.1 Å². The largest absolute Gasteiger partial charge is 0.435 e. The lowest BCUT2D eigenvalue weighted by molar-refractivity contribution is -0.0499. The molecule has 2 unspecified atom stereocenters. The smallest absolute Gasteiger partial charge is 0.387 e. The maximum absolute atomic E-state index is 13.6. The van der Waals surface area contributed by atoms with E-state index in [-0.39, 0.29) is 16.7 Å². The molecule has 1 spiro atoms. The van der Waals surface area contributed by atoms with Crippen molar-refractivity contribution < 1.29 is 31.4 Å². The summed E-state index contributed by atoms with van der Waals surface area (Å²) in [4.78, 5) is 2.35. The van der Waals surface area contributed by atoms with Crippen LogP contribution in [0.15, 0.2) is 29.2 Å². The van der Waals surface area contributed by atoms with E-state index in [1.165, 1.54) is 24.3 Å². The minimum Gasteiger partial charge on any atom is -0.435 e. The number of sulfone groups is 1. The fraction of sp³-hybridized carbons (Fsp3) is 0.714. The SMILES string of the molecule is O=S(=O)(c1ccc(OC(F)F)cc1)C1OC2(CCNCC2)CC1N1C[C@H]2COC[C@H]2C1. The Morgan fingerprint density at radius 1 is 1.10 bits per heavy atom. The van der Waals surface area contributed by atoms with Gasteiger partial charge >= 0.3 is 6.61 Å². The van der Waals surface area contributed by atoms with Crippen LogP contribution in [0.3, 0.4) is 0 Å². The quantitative estimate of drug-likeness (QED) is 0.722. The predicted molar refractivity (Wildman–Crippen MR) is 108 cm³/mol. The standard InChI is InChI=1S/C21H28F2N2O5S/c22-20(23)29-16-1-3-17(4-2-16)31(26,27)19-18(9-21(30-19)5-7-24-8-6-21)25-10-14-12-28-13-15(14)11-25/h1-4,14-15,18-20,24H,5-13H2/t14-,15+,18?,19?. The molecule has 4 aliphatic heterocycles. The topological polar surface area (TPSA) is 77.1 Å². The van der Waals surface area contributed by atoms with Crippen molar-refractivity contribution in [1.29, 1.82) is 0 Å². The van der Waals surface area contributed by atoms with E-state index in [0.29, 0.717) is 18.3 Å². The summed E-state index contributed by atoms with van der Waals surface area (Å²) in [5.41, 5.74) is -1.42. The van der Waals surface area contributed by atoms with Gasteiger partial charge in [-0.3, -0.25) is 4.90 Å². The second kappa shape index (κ2) is 8.22. The monoisotopic (exact) mass is 458 g/mol. The maximum atomic E-state index is 13.6. The molecule has 5 rings (SSSR count). The zero-order chi connectivity index (χ0) is 21.6. The van der Waals surface area contributed by atoms with Crippen LogP contribution in [-0.2, 0) is 19.3 Å². The molecule has 0 saturated carbocycles. The molecule has 0 amide bonds. The Bertz CT molecular complexity index is 880. The highest BCUT2D eigenvalue weighted by Gasteiger charge is 2.55. The fourth-order valence-electron chi connectivity index (χ4n) is 5.57. The van der Waals surface area contributed by atoms with Crippen LogP contribution in [0.25, 0.3) is 0 Å². The zero-order valence-electron chi connectivity index (χ0n) is 17.2. The first-order chi connectivity index (χ1) is 14.9.